The second kappa shape index (κ2) is 10.8. The van der Waals surface area contributed by atoms with Crippen molar-refractivity contribution in [2.24, 2.45) is 5.92 Å². The topological polar surface area (TPSA) is 113 Å². The number of nitrogens with one attached hydrogen (secondary N) is 1. The van der Waals surface area contributed by atoms with Crippen molar-refractivity contribution >= 4 is 0 Å². The maximum Gasteiger partial charge on any atom is 0.293 e. The number of aromatic nitrogens is 2. The minimum absolute atomic E-state index is 0.139. The molecule has 7 heteroatoms. The van der Waals surface area contributed by atoms with Crippen molar-refractivity contribution in [2.45, 2.75) is 25.3 Å². The van der Waals surface area contributed by atoms with Crippen molar-refractivity contribution in [3.8, 4) is 23.7 Å². The van der Waals surface area contributed by atoms with Crippen molar-refractivity contribution in [3.63, 3.8) is 0 Å². The Morgan fingerprint density at radius 2 is 1.79 bits per heavy atom. The number of hydrogen-bond donors (Lipinski definition) is 3. The molecule has 0 bridgehead atoms. The van der Waals surface area contributed by atoms with Crippen LogP contribution in [0.15, 0.2) is 59.7 Å². The number of benzene rings is 2. The van der Waals surface area contributed by atoms with Crippen LogP contribution in [0, 0.1) is 29.1 Å². The third-order valence-corrected chi connectivity index (χ3v) is 6.11. The molecule has 2 aromatic carbocycles. The number of hydrogen-bond acceptors (Lipinski definition) is 6. The van der Waals surface area contributed by atoms with Gasteiger partial charge in [-0.1, -0.05) is 36.1 Å². The fourth-order valence-electron chi connectivity index (χ4n) is 4.12. The van der Waals surface area contributed by atoms with E-state index in [1.165, 1.54) is 11.9 Å². The molecule has 1 aromatic heterocycles. The Bertz CT molecular complexity index is 1280. The van der Waals surface area contributed by atoms with Gasteiger partial charge in [0.2, 0.25) is 5.75 Å². The summed E-state index contributed by atoms with van der Waals surface area (Å²) in [7, 11) is 0. The Labute approximate surface area is 198 Å². The highest BCUT2D eigenvalue weighted by Crippen LogP contribution is 2.23. The number of aromatic amines is 1. The zero-order valence-electron chi connectivity index (χ0n) is 18.7. The average Bonchev–Trinajstić information content (AvgIpc) is 3.32. The van der Waals surface area contributed by atoms with Crippen LogP contribution in [0.25, 0.3) is 0 Å². The maximum atomic E-state index is 11.6. The molecule has 1 saturated heterocycles. The molecule has 0 amide bonds. The van der Waals surface area contributed by atoms with E-state index < -0.39 is 11.3 Å². The van der Waals surface area contributed by atoms with Crippen molar-refractivity contribution in [3.05, 3.63) is 93.2 Å². The molecule has 4 rings (SSSR count). The van der Waals surface area contributed by atoms with E-state index in [9.17, 15) is 15.0 Å². The summed E-state index contributed by atoms with van der Waals surface area (Å²) >= 11 is 0. The van der Waals surface area contributed by atoms with Gasteiger partial charge in [-0.15, -0.1) is 0 Å². The zero-order valence-corrected chi connectivity index (χ0v) is 18.7. The predicted molar refractivity (Wildman–Crippen MR) is 128 cm³/mol. The molecular formula is C27H26N4O3. The first-order valence-electron chi connectivity index (χ1n) is 11.2. The molecule has 7 nitrogen and oxygen atoms in total. The molecule has 34 heavy (non-hydrogen) atoms. The van der Waals surface area contributed by atoms with Crippen LogP contribution in [-0.2, 0) is 13.0 Å². The predicted octanol–water partition coefficient (Wildman–Crippen LogP) is 2.54. The smallest absolute Gasteiger partial charge is 0.293 e. The Balaban J connectivity index is 1.38. The van der Waals surface area contributed by atoms with Gasteiger partial charge in [-0.3, -0.25) is 9.69 Å². The van der Waals surface area contributed by atoms with Gasteiger partial charge in [-0.05, 0) is 48.4 Å². The van der Waals surface area contributed by atoms with E-state index in [1.54, 1.807) is 0 Å². The van der Waals surface area contributed by atoms with Crippen molar-refractivity contribution in [1.82, 2.24) is 14.9 Å². The standard InChI is InChI=1S/C27H26N4O3/c28-14-22-11-12-31(16-22)15-21-5-3-19(4-6-21)1-2-20-7-9-23(10-8-20)24(17-32)13-25-26(33)27(34)30-18-29-25/h3-10,18,22,24,32-33H,11-13,15-17H2,(H,29,30,34)/t22?,24-/m1/s1. The summed E-state index contributed by atoms with van der Waals surface area (Å²) in [5, 5.41) is 28.8. The van der Waals surface area contributed by atoms with Crippen molar-refractivity contribution in [2.75, 3.05) is 19.7 Å². The number of aromatic hydroxyl groups is 1. The van der Waals surface area contributed by atoms with Crippen LogP contribution in [0.4, 0.5) is 0 Å². The highest BCUT2D eigenvalue weighted by atomic mass is 16.3. The molecule has 2 heterocycles. The van der Waals surface area contributed by atoms with Gasteiger partial charge in [0.05, 0.1) is 30.6 Å². The molecule has 1 unspecified atom stereocenters. The fraction of sp³-hybridized carbons (Fsp3) is 0.296. The minimum atomic E-state index is -0.593. The largest absolute Gasteiger partial charge is 0.502 e. The quantitative estimate of drug-likeness (QED) is 0.494. The second-order valence-corrected chi connectivity index (χ2v) is 8.53. The van der Waals surface area contributed by atoms with Crippen LogP contribution >= 0.6 is 0 Å². The van der Waals surface area contributed by atoms with Gasteiger partial charge in [-0.25, -0.2) is 4.98 Å². The summed E-state index contributed by atoms with van der Waals surface area (Å²) < 4.78 is 0. The summed E-state index contributed by atoms with van der Waals surface area (Å²) in [6.07, 6.45) is 2.44. The number of rotatable bonds is 6. The third-order valence-electron chi connectivity index (χ3n) is 6.11. The summed E-state index contributed by atoms with van der Waals surface area (Å²) in [5.41, 5.74) is 3.52. The van der Waals surface area contributed by atoms with Crippen LogP contribution in [-0.4, -0.2) is 44.8 Å². The van der Waals surface area contributed by atoms with E-state index in [1.807, 2.05) is 36.4 Å². The van der Waals surface area contributed by atoms with E-state index in [-0.39, 0.29) is 30.6 Å². The van der Waals surface area contributed by atoms with Gasteiger partial charge in [-0.2, -0.15) is 5.26 Å². The van der Waals surface area contributed by atoms with Gasteiger partial charge >= 0.3 is 0 Å². The molecule has 2 atom stereocenters. The monoisotopic (exact) mass is 454 g/mol. The molecule has 3 N–H and O–H groups in total. The number of nitrogens with zero attached hydrogens (tertiary/aromatic N) is 3. The normalized spacial score (nSPS) is 16.4. The lowest BCUT2D eigenvalue weighted by Gasteiger charge is -2.14. The van der Waals surface area contributed by atoms with E-state index in [0.717, 1.165) is 42.7 Å². The summed E-state index contributed by atoms with van der Waals surface area (Å²) in [6, 6.07) is 18.1. The van der Waals surface area contributed by atoms with E-state index in [4.69, 9.17) is 5.26 Å². The van der Waals surface area contributed by atoms with E-state index in [2.05, 4.69) is 44.9 Å². The lowest BCUT2D eigenvalue weighted by molar-refractivity contribution is 0.263. The first kappa shape index (κ1) is 23.3. The molecule has 1 aliphatic rings. The van der Waals surface area contributed by atoms with Crippen molar-refractivity contribution < 1.29 is 10.2 Å². The first-order valence-corrected chi connectivity index (χ1v) is 11.2. The summed E-state index contributed by atoms with van der Waals surface area (Å²) in [5.74, 6) is 5.77. The van der Waals surface area contributed by atoms with Crippen LogP contribution in [0.1, 0.15) is 40.3 Å². The molecule has 1 aliphatic heterocycles. The molecule has 3 aromatic rings. The number of nitriles is 1. The first-order chi connectivity index (χ1) is 16.6. The zero-order chi connectivity index (χ0) is 23.9. The molecule has 0 radical (unpaired) electrons. The molecule has 0 saturated carbocycles. The number of aliphatic hydroxyl groups is 1. The number of aliphatic hydroxyl groups excluding tert-OH is 1. The van der Waals surface area contributed by atoms with Gasteiger partial charge in [0.15, 0.2) is 0 Å². The average molecular weight is 455 g/mol. The molecule has 0 spiro atoms. The van der Waals surface area contributed by atoms with Gasteiger partial charge < -0.3 is 15.2 Å². The minimum Gasteiger partial charge on any atom is -0.502 e. The molecular weight excluding hydrogens is 428 g/mol. The number of H-pyrrole nitrogens is 1. The van der Waals surface area contributed by atoms with Gasteiger partial charge in [0, 0.05) is 36.6 Å². The van der Waals surface area contributed by atoms with Gasteiger partial charge in [0.1, 0.15) is 0 Å². The maximum absolute atomic E-state index is 11.6. The lowest BCUT2D eigenvalue weighted by Crippen LogP contribution is -2.19. The van der Waals surface area contributed by atoms with Gasteiger partial charge in [0.25, 0.3) is 5.56 Å². The van der Waals surface area contributed by atoms with Crippen LogP contribution in [0.2, 0.25) is 0 Å². The third kappa shape index (κ3) is 5.71. The number of likely N-dealkylation sites (tertiary alicyclic amines) is 1. The molecule has 172 valence electrons. The molecule has 1 fully saturated rings. The molecule has 0 aliphatic carbocycles. The highest BCUT2D eigenvalue weighted by Gasteiger charge is 2.21. The summed E-state index contributed by atoms with van der Waals surface area (Å²) in [4.78, 5) is 20.2. The van der Waals surface area contributed by atoms with Crippen molar-refractivity contribution in [1.29, 1.82) is 5.26 Å². The van der Waals surface area contributed by atoms with Crippen LogP contribution < -0.4 is 5.56 Å². The van der Waals surface area contributed by atoms with Crippen LogP contribution in [0.3, 0.4) is 0 Å². The Kier molecular flexibility index (Phi) is 7.39. The Hall–Kier alpha value is -3.91. The Morgan fingerprint density at radius 1 is 1.12 bits per heavy atom. The second-order valence-electron chi connectivity index (χ2n) is 8.53. The fourth-order valence-corrected chi connectivity index (χ4v) is 4.12. The summed E-state index contributed by atoms with van der Waals surface area (Å²) in [6.45, 7) is 2.52. The van der Waals surface area contributed by atoms with E-state index in [0.29, 0.717) is 0 Å². The van der Waals surface area contributed by atoms with Crippen LogP contribution in [0.5, 0.6) is 5.75 Å². The highest BCUT2D eigenvalue weighted by molar-refractivity contribution is 5.44. The Morgan fingerprint density at radius 3 is 2.41 bits per heavy atom. The van der Waals surface area contributed by atoms with E-state index >= 15 is 0 Å². The SMILES string of the molecule is N#CC1CCN(Cc2ccc(C#Cc3ccc([C@@H](CO)Cc4nc[nH]c(=O)c4O)cc3)cc2)C1. The lowest BCUT2D eigenvalue weighted by atomic mass is 9.94.